The van der Waals surface area contributed by atoms with Gasteiger partial charge in [-0.25, -0.2) is 0 Å². The number of carbonyl (C=O) groups is 1. The van der Waals surface area contributed by atoms with E-state index < -0.39 is 10.9 Å². The first-order chi connectivity index (χ1) is 12.4. The predicted molar refractivity (Wildman–Crippen MR) is 96.5 cm³/mol. The van der Waals surface area contributed by atoms with Gasteiger partial charge in [0.15, 0.2) is 11.5 Å². The number of hydrogen-bond donors (Lipinski definition) is 0. The second-order valence-electron chi connectivity index (χ2n) is 5.09. The van der Waals surface area contributed by atoms with E-state index in [2.05, 4.69) is 0 Å². The largest absolute Gasteiger partial charge is 0.493 e. The minimum Gasteiger partial charge on any atom is -0.493 e. The molecular formula is C17H15Cl2NO6. The van der Waals surface area contributed by atoms with Crippen molar-refractivity contribution < 1.29 is 23.9 Å². The van der Waals surface area contributed by atoms with Gasteiger partial charge >= 0.3 is 5.97 Å². The molecule has 2 rings (SSSR count). The average Bonchev–Trinajstić information content (AvgIpc) is 2.60. The SMILES string of the molecule is COc1ccc([N+](=O)[O-])cc1OC(=O)CCCOc1ccc(Cl)cc1Cl. The van der Waals surface area contributed by atoms with Gasteiger partial charge in [-0.05, 0) is 30.7 Å². The lowest BCUT2D eigenvalue weighted by atomic mass is 10.2. The molecule has 0 aliphatic carbocycles. The van der Waals surface area contributed by atoms with Gasteiger partial charge in [0, 0.05) is 17.5 Å². The van der Waals surface area contributed by atoms with Crippen LogP contribution in [0.2, 0.25) is 10.0 Å². The van der Waals surface area contributed by atoms with Crippen LogP contribution >= 0.6 is 23.2 Å². The van der Waals surface area contributed by atoms with Crippen molar-refractivity contribution in [1.29, 1.82) is 0 Å². The Morgan fingerprint density at radius 3 is 2.50 bits per heavy atom. The number of non-ortho nitro benzene ring substituents is 1. The zero-order chi connectivity index (χ0) is 19.1. The van der Waals surface area contributed by atoms with Gasteiger partial charge in [-0.3, -0.25) is 14.9 Å². The molecule has 0 heterocycles. The molecule has 0 aliphatic heterocycles. The molecule has 138 valence electrons. The van der Waals surface area contributed by atoms with Crippen LogP contribution in [-0.2, 0) is 4.79 Å². The molecule has 0 aliphatic rings. The standard InChI is InChI=1S/C17H15Cl2NO6/c1-24-15-7-5-12(20(22)23)10-16(15)26-17(21)3-2-8-25-14-6-4-11(18)9-13(14)19/h4-7,9-10H,2-3,8H2,1H3. The molecule has 0 N–H and O–H groups in total. The Bertz CT molecular complexity index is 812. The molecule has 9 heteroatoms. The van der Waals surface area contributed by atoms with E-state index in [-0.39, 0.29) is 30.2 Å². The van der Waals surface area contributed by atoms with Crippen molar-refractivity contribution in [3.63, 3.8) is 0 Å². The lowest BCUT2D eigenvalue weighted by Gasteiger charge is -2.10. The van der Waals surface area contributed by atoms with Crippen LogP contribution in [0.4, 0.5) is 5.69 Å². The fourth-order valence-corrected chi connectivity index (χ4v) is 2.49. The molecular weight excluding hydrogens is 385 g/mol. The predicted octanol–water partition coefficient (Wildman–Crippen LogP) is 4.67. The van der Waals surface area contributed by atoms with Crippen LogP contribution in [0.3, 0.4) is 0 Å². The Labute approximate surface area is 159 Å². The molecule has 0 saturated heterocycles. The number of nitrogens with zero attached hydrogens (tertiary/aromatic N) is 1. The molecule has 0 radical (unpaired) electrons. The third-order valence-electron chi connectivity index (χ3n) is 3.26. The maximum Gasteiger partial charge on any atom is 0.311 e. The summed E-state index contributed by atoms with van der Waals surface area (Å²) in [4.78, 5) is 22.2. The summed E-state index contributed by atoms with van der Waals surface area (Å²) in [5.41, 5.74) is -0.200. The minimum atomic E-state index is -0.583. The Hall–Kier alpha value is -2.51. The maximum absolute atomic E-state index is 11.9. The van der Waals surface area contributed by atoms with E-state index in [4.69, 9.17) is 37.4 Å². The Morgan fingerprint density at radius 2 is 1.85 bits per heavy atom. The van der Waals surface area contributed by atoms with Crippen LogP contribution in [0.25, 0.3) is 0 Å². The van der Waals surface area contributed by atoms with Crippen molar-refractivity contribution in [3.8, 4) is 17.2 Å². The normalized spacial score (nSPS) is 10.3. The highest BCUT2D eigenvalue weighted by Crippen LogP contribution is 2.31. The van der Waals surface area contributed by atoms with Gasteiger partial charge in [0.25, 0.3) is 5.69 Å². The van der Waals surface area contributed by atoms with Gasteiger partial charge < -0.3 is 14.2 Å². The molecule has 0 spiro atoms. The first kappa shape index (κ1) is 19.8. The third kappa shape index (κ3) is 5.50. The third-order valence-corrected chi connectivity index (χ3v) is 3.79. The summed E-state index contributed by atoms with van der Waals surface area (Å²) in [6, 6.07) is 8.61. The van der Waals surface area contributed by atoms with E-state index in [1.807, 2.05) is 0 Å². The van der Waals surface area contributed by atoms with Gasteiger partial charge in [0.05, 0.1) is 29.7 Å². The number of carbonyl (C=O) groups excluding carboxylic acids is 1. The monoisotopic (exact) mass is 399 g/mol. The second kappa shape index (κ2) is 9.26. The number of rotatable bonds is 8. The maximum atomic E-state index is 11.9. The van der Waals surface area contributed by atoms with Crippen LogP contribution in [0.1, 0.15) is 12.8 Å². The molecule has 0 aromatic heterocycles. The molecule has 7 nitrogen and oxygen atoms in total. The summed E-state index contributed by atoms with van der Waals surface area (Å²) in [5, 5.41) is 11.7. The van der Waals surface area contributed by atoms with Crippen molar-refractivity contribution in [2.75, 3.05) is 13.7 Å². The number of nitro benzene ring substituents is 1. The number of halogens is 2. The summed E-state index contributed by atoms with van der Waals surface area (Å²) in [7, 11) is 1.38. The quantitative estimate of drug-likeness (QED) is 0.210. The number of ether oxygens (including phenoxy) is 3. The lowest BCUT2D eigenvalue weighted by molar-refractivity contribution is -0.384. The van der Waals surface area contributed by atoms with E-state index in [1.54, 1.807) is 18.2 Å². The molecule has 0 bridgehead atoms. The number of nitro groups is 1. The highest BCUT2D eigenvalue weighted by molar-refractivity contribution is 6.35. The topological polar surface area (TPSA) is 87.9 Å². The fourth-order valence-electron chi connectivity index (χ4n) is 2.02. The Morgan fingerprint density at radius 1 is 1.12 bits per heavy atom. The average molecular weight is 400 g/mol. The molecule has 0 fully saturated rings. The fraction of sp³-hybridized carbons (Fsp3) is 0.235. The molecule has 2 aromatic rings. The number of methoxy groups -OCH3 is 1. The van der Waals surface area contributed by atoms with Gasteiger partial charge in [0.2, 0.25) is 0 Å². The minimum absolute atomic E-state index is 0.00614. The Balaban J connectivity index is 1.87. The van der Waals surface area contributed by atoms with Gasteiger partial charge in [0.1, 0.15) is 5.75 Å². The number of benzene rings is 2. The highest BCUT2D eigenvalue weighted by Gasteiger charge is 2.15. The van der Waals surface area contributed by atoms with Gasteiger partial charge in [-0.2, -0.15) is 0 Å². The highest BCUT2D eigenvalue weighted by atomic mass is 35.5. The van der Waals surface area contributed by atoms with Crippen LogP contribution in [0.15, 0.2) is 36.4 Å². The van der Waals surface area contributed by atoms with E-state index in [9.17, 15) is 14.9 Å². The van der Waals surface area contributed by atoms with Gasteiger partial charge in [-0.1, -0.05) is 23.2 Å². The van der Waals surface area contributed by atoms with Gasteiger partial charge in [-0.15, -0.1) is 0 Å². The van der Waals surface area contributed by atoms with Crippen LogP contribution in [-0.4, -0.2) is 24.6 Å². The summed E-state index contributed by atoms with van der Waals surface area (Å²) in [6.07, 6.45) is 0.423. The molecule has 0 amide bonds. The molecule has 0 unspecified atom stereocenters. The van der Waals surface area contributed by atoms with E-state index in [0.29, 0.717) is 22.2 Å². The molecule has 2 aromatic carbocycles. The summed E-state index contributed by atoms with van der Waals surface area (Å²) < 4.78 is 15.7. The first-order valence-corrected chi connectivity index (χ1v) is 8.27. The van der Waals surface area contributed by atoms with Crippen molar-refractivity contribution in [2.45, 2.75) is 12.8 Å². The van der Waals surface area contributed by atoms with Crippen molar-refractivity contribution in [2.24, 2.45) is 0 Å². The van der Waals surface area contributed by atoms with Crippen molar-refractivity contribution in [1.82, 2.24) is 0 Å². The van der Waals surface area contributed by atoms with Crippen molar-refractivity contribution in [3.05, 3.63) is 56.6 Å². The van der Waals surface area contributed by atoms with Crippen LogP contribution in [0.5, 0.6) is 17.2 Å². The van der Waals surface area contributed by atoms with Crippen molar-refractivity contribution >= 4 is 34.9 Å². The number of hydrogen-bond acceptors (Lipinski definition) is 6. The van der Waals surface area contributed by atoms with E-state index >= 15 is 0 Å². The van der Waals surface area contributed by atoms with Crippen LogP contribution < -0.4 is 14.2 Å². The zero-order valence-corrected chi connectivity index (χ0v) is 15.2. The smallest absolute Gasteiger partial charge is 0.311 e. The molecule has 26 heavy (non-hydrogen) atoms. The van der Waals surface area contributed by atoms with E-state index in [0.717, 1.165) is 6.07 Å². The summed E-state index contributed by atoms with van der Waals surface area (Å²) in [5.74, 6) is 0.126. The summed E-state index contributed by atoms with van der Waals surface area (Å²) in [6.45, 7) is 0.239. The lowest BCUT2D eigenvalue weighted by Crippen LogP contribution is -2.11. The number of esters is 1. The molecule has 0 atom stereocenters. The molecule has 0 saturated carbocycles. The second-order valence-corrected chi connectivity index (χ2v) is 5.94. The van der Waals surface area contributed by atoms with E-state index in [1.165, 1.54) is 19.2 Å². The zero-order valence-electron chi connectivity index (χ0n) is 13.7. The summed E-state index contributed by atoms with van der Waals surface area (Å²) >= 11 is 11.8. The first-order valence-electron chi connectivity index (χ1n) is 7.51. The Kier molecular flexibility index (Phi) is 7.06. The van der Waals surface area contributed by atoms with Crippen LogP contribution in [0, 0.1) is 10.1 Å².